The number of nitrogens with one attached hydrogen (secondary N) is 1. The molecular formula is C24H22N4O. The first-order valence-electron chi connectivity index (χ1n) is 9.54. The van der Waals surface area contributed by atoms with E-state index in [-0.39, 0.29) is 12.3 Å². The van der Waals surface area contributed by atoms with Gasteiger partial charge >= 0.3 is 0 Å². The molecular weight excluding hydrogens is 360 g/mol. The Labute approximate surface area is 169 Å². The minimum Gasteiger partial charge on any atom is -0.314 e. The molecule has 0 aliphatic carbocycles. The summed E-state index contributed by atoms with van der Waals surface area (Å²) in [6.45, 7) is 3.88. The second kappa shape index (κ2) is 8.10. The van der Waals surface area contributed by atoms with Crippen LogP contribution >= 0.6 is 0 Å². The minimum atomic E-state index is -0.153. The molecule has 0 aliphatic rings. The lowest BCUT2D eigenvalue weighted by Crippen LogP contribution is -2.21. The van der Waals surface area contributed by atoms with Gasteiger partial charge in [-0.25, -0.2) is 5.43 Å². The molecule has 0 bridgehead atoms. The van der Waals surface area contributed by atoms with Crippen molar-refractivity contribution in [3.63, 3.8) is 0 Å². The van der Waals surface area contributed by atoms with Crippen LogP contribution in [-0.4, -0.2) is 21.2 Å². The Hall–Kier alpha value is -3.73. The van der Waals surface area contributed by atoms with Crippen LogP contribution in [0.15, 0.2) is 84.1 Å². The van der Waals surface area contributed by atoms with Crippen molar-refractivity contribution < 1.29 is 4.79 Å². The molecule has 0 radical (unpaired) electrons. The fourth-order valence-corrected chi connectivity index (χ4v) is 3.55. The highest BCUT2D eigenvalue weighted by Crippen LogP contribution is 2.29. The molecule has 0 spiro atoms. The van der Waals surface area contributed by atoms with Gasteiger partial charge in [-0.2, -0.15) is 5.10 Å². The summed E-state index contributed by atoms with van der Waals surface area (Å²) < 4.78 is 2.19. The lowest BCUT2D eigenvalue weighted by atomic mass is 10.1. The van der Waals surface area contributed by atoms with E-state index in [0.717, 1.165) is 33.5 Å². The van der Waals surface area contributed by atoms with Crippen molar-refractivity contribution in [1.29, 1.82) is 0 Å². The number of rotatable bonds is 5. The Kier molecular flexibility index (Phi) is 5.20. The summed E-state index contributed by atoms with van der Waals surface area (Å²) in [7, 11) is 0. The summed E-state index contributed by atoms with van der Waals surface area (Å²) in [4.78, 5) is 16.9. The number of fused-ring (bicyclic) bond motifs is 1. The van der Waals surface area contributed by atoms with E-state index in [4.69, 9.17) is 0 Å². The lowest BCUT2D eigenvalue weighted by Gasteiger charge is -2.08. The Morgan fingerprint density at radius 3 is 2.48 bits per heavy atom. The predicted octanol–water partition coefficient (Wildman–Crippen LogP) is 4.42. The zero-order valence-corrected chi connectivity index (χ0v) is 16.5. The molecule has 2 aromatic carbocycles. The Bertz CT molecular complexity index is 1180. The third-order valence-electron chi connectivity index (χ3n) is 4.98. The van der Waals surface area contributed by atoms with Crippen molar-refractivity contribution in [1.82, 2.24) is 15.0 Å². The number of carbonyl (C=O) groups excluding carboxylic acids is 1. The van der Waals surface area contributed by atoms with E-state index >= 15 is 0 Å². The average molecular weight is 382 g/mol. The van der Waals surface area contributed by atoms with Crippen molar-refractivity contribution in [2.75, 3.05) is 0 Å². The molecule has 0 unspecified atom stereocenters. The number of para-hydroxylation sites is 2. The lowest BCUT2D eigenvalue weighted by molar-refractivity contribution is -0.120. The summed E-state index contributed by atoms with van der Waals surface area (Å²) in [6, 6.07) is 24.0. The van der Waals surface area contributed by atoms with Gasteiger partial charge in [-0.05, 0) is 49.7 Å². The Morgan fingerprint density at radius 2 is 1.72 bits per heavy atom. The van der Waals surface area contributed by atoms with Gasteiger partial charge in [0.1, 0.15) is 0 Å². The number of hydrogen-bond donors (Lipinski definition) is 1. The molecule has 0 saturated heterocycles. The number of benzene rings is 2. The van der Waals surface area contributed by atoms with Crippen LogP contribution in [0.4, 0.5) is 0 Å². The zero-order chi connectivity index (χ0) is 20.2. The molecule has 0 fully saturated rings. The fraction of sp³-hybridized carbons (Fsp3) is 0.125. The summed E-state index contributed by atoms with van der Waals surface area (Å²) in [5.74, 6) is -0.153. The van der Waals surface area contributed by atoms with Gasteiger partial charge in [0.25, 0.3) is 0 Å². The van der Waals surface area contributed by atoms with Crippen molar-refractivity contribution >= 4 is 22.5 Å². The van der Waals surface area contributed by atoms with Crippen LogP contribution < -0.4 is 5.43 Å². The van der Waals surface area contributed by atoms with Crippen LogP contribution in [0.5, 0.6) is 0 Å². The minimum absolute atomic E-state index is 0.153. The Morgan fingerprint density at radius 1 is 1.00 bits per heavy atom. The van der Waals surface area contributed by atoms with Gasteiger partial charge in [0, 0.05) is 23.0 Å². The van der Waals surface area contributed by atoms with Crippen LogP contribution in [0.2, 0.25) is 0 Å². The van der Waals surface area contributed by atoms with Crippen molar-refractivity contribution in [3.05, 3.63) is 95.9 Å². The largest absolute Gasteiger partial charge is 0.314 e. The molecule has 2 heterocycles. The number of carbonyl (C=O) groups is 1. The van der Waals surface area contributed by atoms with Crippen LogP contribution in [0.25, 0.3) is 16.6 Å². The molecule has 0 atom stereocenters. The van der Waals surface area contributed by atoms with Gasteiger partial charge in [-0.3, -0.25) is 9.78 Å². The van der Waals surface area contributed by atoms with Gasteiger partial charge < -0.3 is 4.57 Å². The highest BCUT2D eigenvalue weighted by Gasteiger charge is 2.17. The SMILES string of the molecule is C/C(=N/NC(=O)Cc1c(C)n(-c2ccccc2)c2ccccc12)c1ccccn1. The number of pyridine rings is 1. The Balaban J connectivity index is 1.63. The van der Waals surface area contributed by atoms with E-state index in [0.29, 0.717) is 5.71 Å². The summed E-state index contributed by atoms with van der Waals surface area (Å²) >= 11 is 0. The molecule has 5 nitrogen and oxygen atoms in total. The van der Waals surface area contributed by atoms with Crippen molar-refractivity contribution in [2.45, 2.75) is 20.3 Å². The maximum atomic E-state index is 12.6. The van der Waals surface area contributed by atoms with Crippen LogP contribution in [0.3, 0.4) is 0 Å². The quantitative estimate of drug-likeness (QED) is 0.410. The number of amides is 1. The molecule has 2 aromatic heterocycles. The second-order valence-electron chi connectivity index (χ2n) is 6.88. The first kappa shape index (κ1) is 18.6. The third kappa shape index (κ3) is 3.80. The summed E-state index contributed by atoms with van der Waals surface area (Å²) in [5.41, 5.74) is 8.31. The summed E-state index contributed by atoms with van der Waals surface area (Å²) in [6.07, 6.45) is 1.96. The van der Waals surface area contributed by atoms with Crippen molar-refractivity contribution in [2.24, 2.45) is 5.10 Å². The highest BCUT2D eigenvalue weighted by atomic mass is 16.2. The fourth-order valence-electron chi connectivity index (χ4n) is 3.55. The van der Waals surface area contributed by atoms with E-state index in [9.17, 15) is 4.79 Å². The number of nitrogens with zero attached hydrogens (tertiary/aromatic N) is 3. The van der Waals surface area contributed by atoms with Crippen LogP contribution in [-0.2, 0) is 11.2 Å². The van der Waals surface area contributed by atoms with Gasteiger partial charge in [0.05, 0.1) is 23.3 Å². The molecule has 144 valence electrons. The average Bonchev–Trinajstić information content (AvgIpc) is 3.04. The standard InChI is InChI=1S/C24H22N4O/c1-17(22-13-8-9-15-25-22)26-27-24(29)16-21-18(2)28(19-10-4-3-5-11-19)23-14-7-6-12-20(21)23/h3-15H,16H2,1-2H3,(H,27,29)/b26-17-. The van der Waals surface area contributed by atoms with Gasteiger partial charge in [-0.1, -0.05) is 42.5 Å². The van der Waals surface area contributed by atoms with Crippen molar-refractivity contribution in [3.8, 4) is 5.69 Å². The topological polar surface area (TPSA) is 59.3 Å². The number of hydrogen-bond acceptors (Lipinski definition) is 3. The highest BCUT2D eigenvalue weighted by molar-refractivity contribution is 5.98. The number of aromatic nitrogens is 2. The number of hydrazone groups is 1. The molecule has 1 amide bonds. The predicted molar refractivity (Wildman–Crippen MR) is 116 cm³/mol. The molecule has 1 N–H and O–H groups in total. The van der Waals surface area contributed by atoms with Crippen LogP contribution in [0.1, 0.15) is 23.9 Å². The zero-order valence-electron chi connectivity index (χ0n) is 16.5. The second-order valence-corrected chi connectivity index (χ2v) is 6.88. The van der Waals surface area contributed by atoms with E-state index in [1.807, 2.05) is 55.5 Å². The van der Waals surface area contributed by atoms with Gasteiger partial charge in [-0.15, -0.1) is 0 Å². The normalized spacial score (nSPS) is 11.6. The summed E-state index contributed by atoms with van der Waals surface area (Å²) in [5, 5.41) is 5.29. The molecule has 4 rings (SSSR count). The first-order chi connectivity index (χ1) is 14.1. The first-order valence-corrected chi connectivity index (χ1v) is 9.54. The molecule has 5 heteroatoms. The van der Waals surface area contributed by atoms with E-state index in [1.165, 1.54) is 0 Å². The molecule has 0 aliphatic heterocycles. The van der Waals surface area contributed by atoms with Crippen LogP contribution in [0, 0.1) is 6.92 Å². The maximum Gasteiger partial charge on any atom is 0.244 e. The van der Waals surface area contributed by atoms with E-state index in [1.54, 1.807) is 6.20 Å². The van der Waals surface area contributed by atoms with E-state index < -0.39 is 0 Å². The molecule has 0 saturated carbocycles. The monoisotopic (exact) mass is 382 g/mol. The van der Waals surface area contributed by atoms with E-state index in [2.05, 4.69) is 51.3 Å². The molecule has 4 aromatic rings. The molecule has 29 heavy (non-hydrogen) atoms. The van der Waals surface area contributed by atoms with Gasteiger partial charge in [0.15, 0.2) is 0 Å². The smallest absolute Gasteiger partial charge is 0.244 e. The maximum absolute atomic E-state index is 12.6. The third-order valence-corrected chi connectivity index (χ3v) is 4.98. The van der Waals surface area contributed by atoms with Gasteiger partial charge in [0.2, 0.25) is 5.91 Å².